The van der Waals surface area contributed by atoms with Crippen LogP contribution in [0, 0.1) is 5.41 Å². The van der Waals surface area contributed by atoms with Gasteiger partial charge in [-0.15, -0.1) is 0 Å². The second kappa shape index (κ2) is 9.43. The number of rotatable bonds is 6. The molecule has 3 aromatic rings. The summed E-state index contributed by atoms with van der Waals surface area (Å²) in [4.78, 5) is 10.6. The maximum Gasteiger partial charge on any atom is 0.237 e. The molecule has 0 spiro atoms. The van der Waals surface area contributed by atoms with E-state index in [1.165, 1.54) is 12.4 Å². The van der Waals surface area contributed by atoms with Crippen molar-refractivity contribution in [2.75, 3.05) is 23.8 Å². The van der Waals surface area contributed by atoms with E-state index in [1.807, 2.05) is 6.07 Å². The molecule has 4 rings (SSSR count). The number of anilines is 2. The van der Waals surface area contributed by atoms with E-state index >= 15 is 0 Å². The number of pyridine rings is 2. The summed E-state index contributed by atoms with van der Waals surface area (Å²) in [5.74, 6) is 0.979. The first-order valence-electron chi connectivity index (χ1n) is 10.4. The van der Waals surface area contributed by atoms with E-state index < -0.39 is 6.23 Å². The Morgan fingerprint density at radius 3 is 2.61 bits per heavy atom. The SMILES string of the molecule is CC(C)N1CCOc2ncc(C(=N)c3cc(O[C@H](N)c4c(Cl)cncc4Cl)ccc3N)cc21. The molecule has 0 fully saturated rings. The van der Waals surface area contributed by atoms with Gasteiger partial charge in [0.1, 0.15) is 18.0 Å². The average Bonchev–Trinajstić information content (AvgIpc) is 2.79. The second-order valence-electron chi connectivity index (χ2n) is 7.86. The summed E-state index contributed by atoms with van der Waals surface area (Å²) >= 11 is 12.4. The van der Waals surface area contributed by atoms with Crippen LogP contribution in [-0.4, -0.2) is 34.9 Å². The first kappa shape index (κ1) is 23.1. The van der Waals surface area contributed by atoms with Crippen molar-refractivity contribution in [1.82, 2.24) is 9.97 Å². The minimum atomic E-state index is -0.930. The van der Waals surface area contributed by atoms with Crippen molar-refractivity contribution in [2.45, 2.75) is 26.1 Å². The fraction of sp³-hybridized carbons (Fsp3) is 0.261. The van der Waals surface area contributed by atoms with E-state index in [0.717, 1.165) is 12.2 Å². The van der Waals surface area contributed by atoms with Crippen LogP contribution in [0.3, 0.4) is 0 Å². The van der Waals surface area contributed by atoms with Gasteiger partial charge >= 0.3 is 0 Å². The number of ether oxygens (including phenoxy) is 2. The van der Waals surface area contributed by atoms with Gasteiger partial charge in [0.15, 0.2) is 6.23 Å². The molecule has 1 aliphatic rings. The maximum absolute atomic E-state index is 8.80. The number of hydrogen-bond donors (Lipinski definition) is 3. The molecule has 0 saturated heterocycles. The largest absolute Gasteiger partial charge is 0.474 e. The standard InChI is InChI=1S/C23H24Cl2N6O2/c1-12(2)31-5-6-32-23-19(31)7-13(9-30-23)21(27)15-8-14(3-4-18(15)26)33-22(28)20-16(24)10-29-11-17(20)25/h3-4,7-12,22,27H,5-6,26,28H2,1-2H3/t22-/m0/s1. The fourth-order valence-corrected chi connectivity index (χ4v) is 4.25. The third kappa shape index (κ3) is 4.68. The van der Waals surface area contributed by atoms with Crippen LogP contribution >= 0.6 is 23.2 Å². The van der Waals surface area contributed by atoms with Crippen molar-refractivity contribution in [3.05, 3.63) is 69.6 Å². The molecule has 10 heteroatoms. The number of aromatic nitrogens is 2. The Hall–Kier alpha value is -3.07. The zero-order valence-corrected chi connectivity index (χ0v) is 19.7. The minimum absolute atomic E-state index is 0.205. The van der Waals surface area contributed by atoms with Gasteiger partial charge in [-0.2, -0.15) is 0 Å². The molecule has 8 nitrogen and oxygen atoms in total. The molecule has 0 saturated carbocycles. The smallest absolute Gasteiger partial charge is 0.237 e. The first-order chi connectivity index (χ1) is 15.8. The van der Waals surface area contributed by atoms with Crippen LogP contribution in [0.25, 0.3) is 0 Å². The van der Waals surface area contributed by atoms with Crippen molar-refractivity contribution in [3.8, 4) is 11.6 Å². The molecule has 1 atom stereocenters. The van der Waals surface area contributed by atoms with Gasteiger partial charge in [-0.1, -0.05) is 23.2 Å². The zero-order chi connectivity index (χ0) is 23.7. The molecule has 1 aromatic carbocycles. The van der Waals surface area contributed by atoms with E-state index in [2.05, 4.69) is 28.7 Å². The van der Waals surface area contributed by atoms with Crippen molar-refractivity contribution in [2.24, 2.45) is 5.73 Å². The summed E-state index contributed by atoms with van der Waals surface area (Å²) in [6.45, 7) is 5.55. The van der Waals surface area contributed by atoms with Crippen LogP contribution in [0.5, 0.6) is 11.6 Å². The topological polar surface area (TPSA) is 123 Å². The van der Waals surface area contributed by atoms with Crippen LogP contribution in [0.4, 0.5) is 11.4 Å². The van der Waals surface area contributed by atoms with Crippen LogP contribution in [0.2, 0.25) is 10.0 Å². The Labute approximate surface area is 201 Å². The van der Waals surface area contributed by atoms with Gasteiger partial charge in [0, 0.05) is 47.0 Å². The van der Waals surface area contributed by atoms with Crippen molar-refractivity contribution < 1.29 is 9.47 Å². The molecule has 2 aromatic heterocycles. The molecule has 3 heterocycles. The van der Waals surface area contributed by atoms with Gasteiger partial charge in [-0.25, -0.2) is 4.98 Å². The van der Waals surface area contributed by atoms with E-state index in [4.69, 9.17) is 49.6 Å². The third-order valence-corrected chi connectivity index (χ3v) is 5.96. The Bertz CT molecular complexity index is 1180. The summed E-state index contributed by atoms with van der Waals surface area (Å²) in [5.41, 5.74) is 15.4. The van der Waals surface area contributed by atoms with Crippen molar-refractivity contribution in [3.63, 3.8) is 0 Å². The van der Waals surface area contributed by atoms with Crippen LogP contribution < -0.4 is 25.8 Å². The molecular formula is C23H24Cl2N6O2. The van der Waals surface area contributed by atoms with Gasteiger partial charge in [-0.05, 0) is 38.1 Å². The normalized spacial score (nSPS) is 13.9. The molecule has 0 amide bonds. The molecular weight excluding hydrogens is 463 g/mol. The molecule has 0 unspecified atom stereocenters. The lowest BCUT2D eigenvalue weighted by Crippen LogP contribution is -2.38. The van der Waals surface area contributed by atoms with E-state index in [1.54, 1.807) is 24.4 Å². The van der Waals surface area contributed by atoms with Gasteiger partial charge in [0.2, 0.25) is 5.88 Å². The highest BCUT2D eigenvalue weighted by Gasteiger charge is 2.23. The van der Waals surface area contributed by atoms with E-state index in [9.17, 15) is 0 Å². The minimum Gasteiger partial charge on any atom is -0.474 e. The summed E-state index contributed by atoms with van der Waals surface area (Å²) < 4.78 is 11.6. The Morgan fingerprint density at radius 2 is 1.91 bits per heavy atom. The monoisotopic (exact) mass is 486 g/mol. The zero-order valence-electron chi connectivity index (χ0n) is 18.2. The first-order valence-corrected chi connectivity index (χ1v) is 11.1. The molecule has 5 N–H and O–H groups in total. The third-order valence-electron chi connectivity index (χ3n) is 5.36. The second-order valence-corrected chi connectivity index (χ2v) is 8.68. The number of nitrogens with zero attached hydrogens (tertiary/aromatic N) is 3. The predicted molar refractivity (Wildman–Crippen MR) is 131 cm³/mol. The van der Waals surface area contributed by atoms with E-state index in [0.29, 0.717) is 50.7 Å². The highest BCUT2D eigenvalue weighted by Crippen LogP contribution is 2.34. The highest BCUT2D eigenvalue weighted by atomic mass is 35.5. The van der Waals surface area contributed by atoms with Gasteiger partial charge in [0.05, 0.1) is 22.3 Å². The highest BCUT2D eigenvalue weighted by molar-refractivity contribution is 6.35. The van der Waals surface area contributed by atoms with Crippen molar-refractivity contribution >= 4 is 40.3 Å². The quantitative estimate of drug-likeness (QED) is 0.267. The summed E-state index contributed by atoms with van der Waals surface area (Å²) in [6, 6.07) is 7.18. The van der Waals surface area contributed by atoms with Crippen molar-refractivity contribution in [1.29, 1.82) is 5.41 Å². The lowest BCUT2D eigenvalue weighted by Gasteiger charge is -2.33. The van der Waals surface area contributed by atoms with Crippen LogP contribution in [-0.2, 0) is 0 Å². The van der Waals surface area contributed by atoms with Gasteiger partial charge < -0.3 is 20.1 Å². The number of hydrogen-bond acceptors (Lipinski definition) is 8. The van der Waals surface area contributed by atoms with Crippen LogP contribution in [0.15, 0.2) is 42.9 Å². The number of benzene rings is 1. The van der Waals surface area contributed by atoms with Gasteiger partial charge in [0.25, 0.3) is 0 Å². The lowest BCUT2D eigenvalue weighted by atomic mass is 10.0. The average molecular weight is 487 g/mol. The number of nitrogens with one attached hydrogen (secondary N) is 1. The fourth-order valence-electron chi connectivity index (χ4n) is 3.67. The summed E-state index contributed by atoms with van der Waals surface area (Å²) in [5, 5.41) is 9.40. The number of fused-ring (bicyclic) bond motifs is 1. The summed E-state index contributed by atoms with van der Waals surface area (Å²) in [6.07, 6.45) is 3.58. The Balaban J connectivity index is 1.63. The molecule has 0 bridgehead atoms. The lowest BCUT2D eigenvalue weighted by molar-refractivity contribution is 0.214. The van der Waals surface area contributed by atoms with Gasteiger partial charge in [-0.3, -0.25) is 16.1 Å². The predicted octanol–water partition coefficient (Wildman–Crippen LogP) is 4.43. The molecule has 0 radical (unpaired) electrons. The number of nitrogens with two attached hydrogens (primary N) is 2. The van der Waals surface area contributed by atoms with E-state index in [-0.39, 0.29) is 11.8 Å². The molecule has 1 aliphatic heterocycles. The Kier molecular flexibility index (Phi) is 6.60. The number of halogens is 2. The maximum atomic E-state index is 8.80. The Morgan fingerprint density at radius 1 is 1.18 bits per heavy atom. The summed E-state index contributed by atoms with van der Waals surface area (Å²) in [7, 11) is 0. The molecule has 172 valence electrons. The number of nitrogen functional groups attached to an aromatic ring is 1. The molecule has 33 heavy (non-hydrogen) atoms. The van der Waals surface area contributed by atoms with Crippen LogP contribution in [0.1, 0.15) is 36.8 Å². The molecule has 0 aliphatic carbocycles.